The van der Waals surface area contributed by atoms with Gasteiger partial charge in [-0.05, 0) is 25.7 Å². The molecule has 0 aromatic rings. The van der Waals surface area contributed by atoms with Crippen molar-refractivity contribution in [1.82, 2.24) is 20.4 Å². The molecular formula is C17H29N5O3. The van der Waals surface area contributed by atoms with Crippen LogP contribution in [0.25, 0.3) is 0 Å². The molecule has 3 rings (SSSR count). The summed E-state index contributed by atoms with van der Waals surface area (Å²) in [5.74, 6) is 1.36. The van der Waals surface area contributed by atoms with Crippen LogP contribution in [0.3, 0.4) is 0 Å². The largest absolute Gasteiger partial charge is 0.368 e. The number of hydrogen-bond donors (Lipinski definition) is 2. The number of ether oxygens (including phenoxy) is 1. The third-order valence-corrected chi connectivity index (χ3v) is 4.96. The van der Waals surface area contributed by atoms with Crippen molar-refractivity contribution >= 4 is 17.8 Å². The first-order valence-corrected chi connectivity index (χ1v) is 9.32. The van der Waals surface area contributed by atoms with Gasteiger partial charge in [0.1, 0.15) is 6.10 Å². The number of hydrogen-bond acceptors (Lipinski definition) is 4. The molecule has 0 spiro atoms. The second kappa shape index (κ2) is 8.51. The van der Waals surface area contributed by atoms with Crippen LogP contribution >= 0.6 is 0 Å². The Hall–Kier alpha value is -1.83. The zero-order valence-electron chi connectivity index (χ0n) is 15.0. The average molecular weight is 351 g/mol. The Morgan fingerprint density at radius 3 is 2.32 bits per heavy atom. The molecule has 0 bridgehead atoms. The summed E-state index contributed by atoms with van der Waals surface area (Å²) in [5, 5.41) is 6.22. The first kappa shape index (κ1) is 18.0. The molecule has 2 amide bonds. The Kier molecular flexibility index (Phi) is 6.12. The zero-order valence-corrected chi connectivity index (χ0v) is 15.0. The normalized spacial score (nSPS) is 24.4. The molecule has 0 aromatic carbocycles. The number of rotatable bonds is 5. The van der Waals surface area contributed by atoms with E-state index in [4.69, 9.17) is 4.74 Å². The average Bonchev–Trinajstić information content (AvgIpc) is 3.36. The highest BCUT2D eigenvalue weighted by Gasteiger charge is 2.31. The molecular weight excluding hydrogens is 322 g/mol. The number of aliphatic imine (C=N–C) groups is 1. The highest BCUT2D eigenvalue weighted by Crippen LogP contribution is 2.28. The molecule has 1 unspecified atom stereocenters. The number of nitrogens with zero attached hydrogens (tertiary/aromatic N) is 3. The lowest BCUT2D eigenvalue weighted by Crippen LogP contribution is -2.55. The highest BCUT2D eigenvalue weighted by atomic mass is 16.5. The summed E-state index contributed by atoms with van der Waals surface area (Å²) in [5.41, 5.74) is 0. The predicted octanol–water partition coefficient (Wildman–Crippen LogP) is -0.589. The van der Waals surface area contributed by atoms with Crippen LogP contribution in [-0.4, -0.2) is 86.6 Å². The molecule has 0 aromatic heterocycles. The summed E-state index contributed by atoms with van der Waals surface area (Å²) >= 11 is 0. The van der Waals surface area contributed by atoms with Crippen LogP contribution in [0.1, 0.15) is 25.7 Å². The van der Waals surface area contributed by atoms with Crippen molar-refractivity contribution in [3.8, 4) is 0 Å². The SMILES string of the molecule is CN=C(NCCNC(=O)C1CC1)N1CCN(C(=O)C2CCCO2)CC1. The number of amides is 2. The van der Waals surface area contributed by atoms with Crippen molar-refractivity contribution in [3.63, 3.8) is 0 Å². The van der Waals surface area contributed by atoms with Gasteiger partial charge >= 0.3 is 0 Å². The minimum absolute atomic E-state index is 0.128. The molecule has 25 heavy (non-hydrogen) atoms. The molecule has 1 aliphatic carbocycles. The second-order valence-electron chi connectivity index (χ2n) is 6.85. The number of nitrogens with one attached hydrogen (secondary N) is 2. The van der Waals surface area contributed by atoms with E-state index in [9.17, 15) is 9.59 Å². The fourth-order valence-corrected chi connectivity index (χ4v) is 3.30. The van der Waals surface area contributed by atoms with E-state index in [1.807, 2.05) is 4.90 Å². The minimum atomic E-state index is -0.237. The Bertz CT molecular complexity index is 506. The predicted molar refractivity (Wildman–Crippen MR) is 94.2 cm³/mol. The topological polar surface area (TPSA) is 86.3 Å². The van der Waals surface area contributed by atoms with Gasteiger partial charge in [0, 0.05) is 58.8 Å². The van der Waals surface area contributed by atoms with E-state index >= 15 is 0 Å². The molecule has 8 heteroatoms. The van der Waals surface area contributed by atoms with Crippen molar-refractivity contribution in [3.05, 3.63) is 0 Å². The van der Waals surface area contributed by atoms with Crippen molar-refractivity contribution in [2.75, 3.05) is 52.9 Å². The van der Waals surface area contributed by atoms with Crippen LogP contribution in [0.15, 0.2) is 4.99 Å². The van der Waals surface area contributed by atoms with Gasteiger partial charge in [-0.25, -0.2) is 0 Å². The molecule has 3 aliphatic rings. The number of guanidine groups is 1. The lowest BCUT2D eigenvalue weighted by atomic mass is 10.2. The summed E-state index contributed by atoms with van der Waals surface area (Å²) in [6.07, 6.45) is 3.63. The fourth-order valence-electron chi connectivity index (χ4n) is 3.30. The summed E-state index contributed by atoms with van der Waals surface area (Å²) in [4.78, 5) is 32.3. The van der Waals surface area contributed by atoms with E-state index in [-0.39, 0.29) is 23.8 Å². The van der Waals surface area contributed by atoms with E-state index < -0.39 is 0 Å². The summed E-state index contributed by atoms with van der Waals surface area (Å²) in [6.45, 7) is 4.85. The van der Waals surface area contributed by atoms with Gasteiger partial charge < -0.3 is 25.2 Å². The Balaban J connectivity index is 1.36. The van der Waals surface area contributed by atoms with E-state index in [1.165, 1.54) is 0 Å². The maximum absolute atomic E-state index is 12.4. The highest BCUT2D eigenvalue weighted by molar-refractivity contribution is 5.83. The Labute approximate surface area is 149 Å². The first-order valence-electron chi connectivity index (χ1n) is 9.32. The van der Waals surface area contributed by atoms with Gasteiger partial charge in [-0.15, -0.1) is 0 Å². The van der Waals surface area contributed by atoms with Crippen molar-refractivity contribution in [2.45, 2.75) is 31.8 Å². The van der Waals surface area contributed by atoms with Crippen LogP contribution in [-0.2, 0) is 14.3 Å². The molecule has 2 saturated heterocycles. The molecule has 3 fully saturated rings. The maximum Gasteiger partial charge on any atom is 0.251 e. The molecule has 1 atom stereocenters. The Morgan fingerprint density at radius 2 is 1.72 bits per heavy atom. The minimum Gasteiger partial charge on any atom is -0.368 e. The lowest BCUT2D eigenvalue weighted by Gasteiger charge is -2.37. The van der Waals surface area contributed by atoms with Crippen LogP contribution in [0.4, 0.5) is 0 Å². The van der Waals surface area contributed by atoms with Gasteiger partial charge in [0.25, 0.3) is 5.91 Å². The van der Waals surface area contributed by atoms with Crippen LogP contribution in [0, 0.1) is 5.92 Å². The van der Waals surface area contributed by atoms with Gasteiger partial charge in [0.2, 0.25) is 5.91 Å². The van der Waals surface area contributed by atoms with Crippen molar-refractivity contribution in [1.29, 1.82) is 0 Å². The lowest BCUT2D eigenvalue weighted by molar-refractivity contribution is -0.142. The number of carbonyl (C=O) groups is 2. The molecule has 140 valence electrons. The zero-order chi connectivity index (χ0) is 17.6. The molecule has 2 aliphatic heterocycles. The summed E-state index contributed by atoms with van der Waals surface area (Å²) < 4.78 is 5.49. The molecule has 2 N–H and O–H groups in total. The van der Waals surface area contributed by atoms with E-state index in [0.29, 0.717) is 32.8 Å². The number of piperazine rings is 1. The standard InChI is InChI=1S/C17H29N5O3/c1-18-17(20-7-6-19-15(23)13-4-5-13)22-10-8-21(9-11-22)16(24)14-3-2-12-25-14/h13-14H,2-12H2,1H3,(H,18,20)(H,19,23). The van der Waals surface area contributed by atoms with Gasteiger partial charge in [0.15, 0.2) is 5.96 Å². The van der Waals surface area contributed by atoms with Crippen LogP contribution < -0.4 is 10.6 Å². The molecule has 8 nitrogen and oxygen atoms in total. The third kappa shape index (κ3) is 4.84. The Morgan fingerprint density at radius 1 is 1.04 bits per heavy atom. The van der Waals surface area contributed by atoms with Gasteiger partial charge in [-0.1, -0.05) is 0 Å². The molecule has 0 radical (unpaired) electrons. The fraction of sp³-hybridized carbons (Fsp3) is 0.824. The maximum atomic E-state index is 12.4. The van der Waals surface area contributed by atoms with Gasteiger partial charge in [-0.2, -0.15) is 0 Å². The van der Waals surface area contributed by atoms with Crippen molar-refractivity contribution in [2.24, 2.45) is 10.9 Å². The third-order valence-electron chi connectivity index (χ3n) is 4.96. The van der Waals surface area contributed by atoms with Crippen molar-refractivity contribution < 1.29 is 14.3 Å². The van der Waals surface area contributed by atoms with E-state index in [1.54, 1.807) is 7.05 Å². The monoisotopic (exact) mass is 351 g/mol. The van der Waals surface area contributed by atoms with E-state index in [2.05, 4.69) is 20.5 Å². The van der Waals surface area contributed by atoms with E-state index in [0.717, 1.165) is 44.7 Å². The van der Waals surface area contributed by atoms with Crippen LogP contribution in [0.2, 0.25) is 0 Å². The summed E-state index contributed by atoms with van der Waals surface area (Å²) in [7, 11) is 1.76. The van der Waals surface area contributed by atoms with Gasteiger partial charge in [-0.3, -0.25) is 14.6 Å². The summed E-state index contributed by atoms with van der Waals surface area (Å²) in [6, 6.07) is 0. The smallest absolute Gasteiger partial charge is 0.251 e. The van der Waals surface area contributed by atoms with Gasteiger partial charge in [0.05, 0.1) is 0 Å². The first-order chi connectivity index (χ1) is 12.2. The quantitative estimate of drug-likeness (QED) is 0.393. The number of carbonyl (C=O) groups excluding carboxylic acids is 2. The molecule has 2 heterocycles. The van der Waals surface area contributed by atoms with Crippen LogP contribution in [0.5, 0.6) is 0 Å². The second-order valence-corrected chi connectivity index (χ2v) is 6.85. The molecule has 1 saturated carbocycles.